The zero-order valence-electron chi connectivity index (χ0n) is 12.4. The van der Waals surface area contributed by atoms with Crippen LogP contribution >= 0.6 is 0 Å². The van der Waals surface area contributed by atoms with E-state index in [2.05, 4.69) is 31.1 Å². The second-order valence-electron chi connectivity index (χ2n) is 6.70. The molecule has 1 N–H and O–H groups in total. The first-order valence-electron chi connectivity index (χ1n) is 7.30. The fourth-order valence-electron chi connectivity index (χ4n) is 3.14. The summed E-state index contributed by atoms with van der Waals surface area (Å²) >= 11 is 0. The standard InChI is InChI=1S/C16H23FN2O/c1-16(2,3)12-6-4-5-7-13(12)19-15(20)11-8-9-18-14(17)10-11/h8-10,12-13H,4-7H2,1-3H3,(H,19,20)/t12-,13+/m0/s1. The number of amides is 1. The van der Waals surface area contributed by atoms with Crippen LogP contribution in [0.15, 0.2) is 18.3 Å². The van der Waals surface area contributed by atoms with Crippen molar-refractivity contribution >= 4 is 5.91 Å². The highest BCUT2D eigenvalue weighted by Gasteiger charge is 2.34. The van der Waals surface area contributed by atoms with Gasteiger partial charge in [-0.1, -0.05) is 33.6 Å². The lowest BCUT2D eigenvalue weighted by Gasteiger charge is -2.40. The van der Waals surface area contributed by atoms with Gasteiger partial charge in [0, 0.05) is 23.9 Å². The van der Waals surface area contributed by atoms with Crippen molar-refractivity contribution in [1.29, 1.82) is 0 Å². The van der Waals surface area contributed by atoms with Gasteiger partial charge in [0.1, 0.15) is 0 Å². The van der Waals surface area contributed by atoms with E-state index in [0.29, 0.717) is 11.5 Å². The predicted octanol–water partition coefficient (Wildman–Crippen LogP) is 3.56. The van der Waals surface area contributed by atoms with Crippen LogP contribution in [-0.2, 0) is 0 Å². The molecule has 0 aliphatic heterocycles. The van der Waals surface area contributed by atoms with E-state index in [1.807, 2.05) is 0 Å². The van der Waals surface area contributed by atoms with Gasteiger partial charge >= 0.3 is 0 Å². The largest absolute Gasteiger partial charge is 0.349 e. The molecular weight excluding hydrogens is 255 g/mol. The normalized spacial score (nSPS) is 23.4. The average Bonchev–Trinajstić information content (AvgIpc) is 2.38. The number of carbonyl (C=O) groups is 1. The van der Waals surface area contributed by atoms with Crippen molar-refractivity contribution in [2.45, 2.75) is 52.5 Å². The third kappa shape index (κ3) is 3.56. The summed E-state index contributed by atoms with van der Waals surface area (Å²) in [5.41, 5.74) is 0.512. The van der Waals surface area contributed by atoms with Crippen LogP contribution in [0.2, 0.25) is 0 Å². The van der Waals surface area contributed by atoms with Crippen molar-refractivity contribution in [1.82, 2.24) is 10.3 Å². The highest BCUT2D eigenvalue weighted by Crippen LogP contribution is 2.38. The quantitative estimate of drug-likeness (QED) is 0.840. The maximum atomic E-state index is 13.1. The molecule has 20 heavy (non-hydrogen) atoms. The highest BCUT2D eigenvalue weighted by atomic mass is 19.1. The maximum absolute atomic E-state index is 13.1. The van der Waals surface area contributed by atoms with E-state index < -0.39 is 5.95 Å². The maximum Gasteiger partial charge on any atom is 0.251 e. The summed E-state index contributed by atoms with van der Waals surface area (Å²) < 4.78 is 13.1. The molecule has 4 heteroatoms. The molecule has 2 rings (SSSR count). The molecule has 1 heterocycles. The number of pyridine rings is 1. The van der Waals surface area contributed by atoms with E-state index in [1.165, 1.54) is 18.7 Å². The van der Waals surface area contributed by atoms with Crippen molar-refractivity contribution in [3.63, 3.8) is 0 Å². The van der Waals surface area contributed by atoms with E-state index >= 15 is 0 Å². The van der Waals surface area contributed by atoms with Gasteiger partial charge in [0.05, 0.1) is 0 Å². The lowest BCUT2D eigenvalue weighted by Crippen LogP contribution is -2.46. The summed E-state index contributed by atoms with van der Waals surface area (Å²) in [5, 5.41) is 3.09. The Morgan fingerprint density at radius 2 is 2.05 bits per heavy atom. The Labute approximate surface area is 120 Å². The van der Waals surface area contributed by atoms with Crippen molar-refractivity contribution in [2.24, 2.45) is 11.3 Å². The zero-order chi connectivity index (χ0) is 14.8. The highest BCUT2D eigenvalue weighted by molar-refractivity contribution is 5.94. The SMILES string of the molecule is CC(C)(C)[C@H]1CCCC[C@H]1NC(=O)c1ccnc(F)c1. The first-order valence-corrected chi connectivity index (χ1v) is 7.30. The molecule has 3 nitrogen and oxygen atoms in total. The van der Waals surface area contributed by atoms with E-state index in [0.717, 1.165) is 19.3 Å². The zero-order valence-corrected chi connectivity index (χ0v) is 12.4. The van der Waals surface area contributed by atoms with E-state index in [-0.39, 0.29) is 17.4 Å². The molecule has 1 aromatic rings. The molecule has 1 fully saturated rings. The fraction of sp³-hybridized carbons (Fsp3) is 0.625. The van der Waals surface area contributed by atoms with Crippen molar-refractivity contribution in [3.8, 4) is 0 Å². The first kappa shape index (κ1) is 14.9. The Morgan fingerprint density at radius 3 is 2.70 bits per heavy atom. The summed E-state index contributed by atoms with van der Waals surface area (Å²) in [6.45, 7) is 6.65. The smallest absolute Gasteiger partial charge is 0.251 e. The number of halogens is 1. The predicted molar refractivity (Wildman–Crippen MR) is 76.9 cm³/mol. The summed E-state index contributed by atoms with van der Waals surface area (Å²) in [6.07, 6.45) is 5.83. The third-order valence-corrected chi connectivity index (χ3v) is 4.18. The van der Waals surface area contributed by atoms with Crippen molar-refractivity contribution in [2.75, 3.05) is 0 Å². The van der Waals surface area contributed by atoms with Gasteiger partial charge in [-0.3, -0.25) is 4.79 Å². The Hall–Kier alpha value is -1.45. The number of hydrogen-bond donors (Lipinski definition) is 1. The monoisotopic (exact) mass is 278 g/mol. The Morgan fingerprint density at radius 1 is 1.35 bits per heavy atom. The van der Waals surface area contributed by atoms with E-state index in [9.17, 15) is 9.18 Å². The van der Waals surface area contributed by atoms with E-state index in [4.69, 9.17) is 0 Å². The van der Waals surface area contributed by atoms with Gasteiger partial charge in [-0.25, -0.2) is 4.98 Å². The van der Waals surface area contributed by atoms with Crippen LogP contribution in [0.4, 0.5) is 4.39 Å². The number of nitrogens with zero attached hydrogens (tertiary/aromatic N) is 1. The van der Waals surface area contributed by atoms with Crippen LogP contribution in [0, 0.1) is 17.3 Å². The minimum atomic E-state index is -0.617. The minimum absolute atomic E-state index is 0.169. The molecule has 1 aliphatic carbocycles. The molecule has 0 bridgehead atoms. The molecule has 1 amide bonds. The number of hydrogen-bond acceptors (Lipinski definition) is 2. The molecule has 0 saturated heterocycles. The summed E-state index contributed by atoms with van der Waals surface area (Å²) in [7, 11) is 0. The van der Waals surface area contributed by atoms with Gasteiger partial charge in [-0.05, 0) is 30.2 Å². The molecule has 1 aliphatic rings. The topological polar surface area (TPSA) is 42.0 Å². The van der Waals surface area contributed by atoms with Gasteiger partial charge in [-0.15, -0.1) is 0 Å². The van der Waals surface area contributed by atoms with Crippen LogP contribution in [-0.4, -0.2) is 16.9 Å². The third-order valence-electron chi connectivity index (χ3n) is 4.18. The lowest BCUT2D eigenvalue weighted by molar-refractivity contribution is 0.0829. The van der Waals surface area contributed by atoms with Gasteiger partial charge in [0.25, 0.3) is 5.91 Å². The van der Waals surface area contributed by atoms with Crippen molar-refractivity contribution < 1.29 is 9.18 Å². The Kier molecular flexibility index (Phi) is 4.41. The second kappa shape index (κ2) is 5.90. The van der Waals surface area contributed by atoms with Crippen LogP contribution < -0.4 is 5.32 Å². The summed E-state index contributed by atoms with van der Waals surface area (Å²) in [6, 6.07) is 2.91. The van der Waals surface area contributed by atoms with Gasteiger partial charge in [-0.2, -0.15) is 4.39 Å². The van der Waals surface area contributed by atoms with Crippen LogP contribution in [0.1, 0.15) is 56.8 Å². The molecule has 0 aromatic carbocycles. The molecule has 0 radical (unpaired) electrons. The van der Waals surface area contributed by atoms with Gasteiger partial charge in [0.15, 0.2) is 0 Å². The van der Waals surface area contributed by atoms with Crippen LogP contribution in [0.25, 0.3) is 0 Å². The first-order chi connectivity index (χ1) is 9.38. The molecule has 1 aromatic heterocycles. The number of carbonyl (C=O) groups excluding carboxylic acids is 1. The van der Waals surface area contributed by atoms with Crippen LogP contribution in [0.3, 0.4) is 0 Å². The second-order valence-corrected chi connectivity index (χ2v) is 6.70. The Bertz CT molecular complexity index is 482. The van der Waals surface area contributed by atoms with Crippen LogP contribution in [0.5, 0.6) is 0 Å². The molecule has 110 valence electrons. The molecule has 0 unspecified atom stereocenters. The average molecular weight is 278 g/mol. The summed E-state index contributed by atoms with van der Waals surface area (Å²) in [5.74, 6) is -0.354. The van der Waals surface area contributed by atoms with E-state index in [1.54, 1.807) is 6.07 Å². The van der Waals surface area contributed by atoms with Gasteiger partial charge in [0.2, 0.25) is 5.95 Å². The molecule has 0 spiro atoms. The number of aromatic nitrogens is 1. The molecule has 1 saturated carbocycles. The van der Waals surface area contributed by atoms with Gasteiger partial charge < -0.3 is 5.32 Å². The minimum Gasteiger partial charge on any atom is -0.349 e. The Balaban J connectivity index is 2.09. The number of nitrogens with one attached hydrogen (secondary N) is 1. The molecule has 2 atom stereocenters. The fourth-order valence-corrected chi connectivity index (χ4v) is 3.14. The molecular formula is C16H23FN2O. The number of rotatable bonds is 2. The lowest BCUT2D eigenvalue weighted by atomic mass is 9.69. The van der Waals surface area contributed by atoms with Crippen molar-refractivity contribution in [3.05, 3.63) is 29.8 Å². The summed E-state index contributed by atoms with van der Waals surface area (Å²) in [4.78, 5) is 15.7.